The molecule has 2 rings (SSSR count). The van der Waals surface area contributed by atoms with E-state index in [-0.39, 0.29) is 22.3 Å². The average Bonchev–Trinajstić information content (AvgIpc) is 2.92. The molecule has 0 radical (unpaired) electrons. The predicted octanol–water partition coefficient (Wildman–Crippen LogP) is 4.69. The van der Waals surface area contributed by atoms with Crippen LogP contribution in [0.4, 0.5) is 0 Å². The van der Waals surface area contributed by atoms with Crippen molar-refractivity contribution in [2.75, 3.05) is 27.3 Å². The van der Waals surface area contributed by atoms with E-state index in [1.165, 1.54) is 30.3 Å². The van der Waals surface area contributed by atoms with E-state index in [2.05, 4.69) is 36.8 Å². The molecule has 0 heterocycles. The van der Waals surface area contributed by atoms with Gasteiger partial charge in [0.15, 0.2) is 16.6 Å². The van der Waals surface area contributed by atoms with Gasteiger partial charge in [-0.2, -0.15) is 0 Å². The fourth-order valence-corrected chi connectivity index (χ4v) is 6.49. The second-order valence-corrected chi connectivity index (χ2v) is 19.6. The lowest BCUT2D eigenvalue weighted by molar-refractivity contribution is 0.0682. The number of carbonyl (C=O) groups is 4. The third kappa shape index (κ3) is 9.40. The number of carboxylic acid groups (broad SMARTS) is 2. The Kier molecular flexibility index (Phi) is 11.8. The van der Waals surface area contributed by atoms with Crippen LogP contribution < -0.4 is 10.6 Å². The number of carbonyl (C=O) groups excluding carboxylic acids is 2. The smallest absolute Gasteiger partial charge is 0.336 e. The fourth-order valence-electron chi connectivity index (χ4n) is 4.02. The quantitative estimate of drug-likeness (QED) is 0.173. The Balaban J connectivity index is 2.26. The molecule has 0 atom stereocenters. The van der Waals surface area contributed by atoms with E-state index in [1.807, 2.05) is 0 Å². The number of carboxylic acids is 2. The standard InChI is InChI=1S/C28H40N2O8Si2/c1-37-39(3,4)15-7-13-29-25(31)21-11-9-20(18-24(21)28(35)36)19-10-12-22(27(33)34)23(17-19)26(32)30-14-8-16-40(5,6)38-2/h9-12,17-18H,7-8,13-16H2,1-6H3,(H,29,31)(H,30,32)(H,33,34)(H,35,36). The molecule has 0 saturated carbocycles. The molecule has 0 aliphatic carbocycles. The van der Waals surface area contributed by atoms with Crippen LogP contribution in [0.3, 0.4) is 0 Å². The Morgan fingerprint density at radius 3 is 1.48 bits per heavy atom. The topological polar surface area (TPSA) is 151 Å². The molecular weight excluding hydrogens is 548 g/mol. The summed E-state index contributed by atoms with van der Waals surface area (Å²) in [5.74, 6) is -3.56. The third-order valence-corrected chi connectivity index (χ3v) is 12.2. The summed E-state index contributed by atoms with van der Waals surface area (Å²) < 4.78 is 11.0. The summed E-state index contributed by atoms with van der Waals surface area (Å²) in [6.07, 6.45) is 1.41. The first-order chi connectivity index (χ1) is 18.7. The fraction of sp³-hybridized carbons (Fsp3) is 0.429. The molecule has 218 valence electrons. The van der Waals surface area contributed by atoms with Crippen LogP contribution in [0.2, 0.25) is 38.3 Å². The predicted molar refractivity (Wildman–Crippen MR) is 158 cm³/mol. The van der Waals surface area contributed by atoms with Crippen LogP contribution in [0.25, 0.3) is 11.1 Å². The van der Waals surface area contributed by atoms with Crippen molar-refractivity contribution in [3.63, 3.8) is 0 Å². The summed E-state index contributed by atoms with van der Waals surface area (Å²) in [5, 5.41) is 25.0. The molecule has 0 bridgehead atoms. The van der Waals surface area contributed by atoms with Crippen LogP contribution in [-0.2, 0) is 8.85 Å². The van der Waals surface area contributed by atoms with Gasteiger partial charge in [-0.1, -0.05) is 12.1 Å². The van der Waals surface area contributed by atoms with Gasteiger partial charge in [0, 0.05) is 27.3 Å². The normalized spacial score (nSPS) is 11.7. The number of benzene rings is 2. The van der Waals surface area contributed by atoms with Crippen LogP contribution in [0.5, 0.6) is 0 Å². The zero-order valence-corrected chi connectivity index (χ0v) is 26.1. The maximum Gasteiger partial charge on any atom is 0.336 e. The van der Waals surface area contributed by atoms with Gasteiger partial charge in [-0.3, -0.25) is 9.59 Å². The number of hydrogen-bond donors (Lipinski definition) is 4. The Morgan fingerprint density at radius 1 is 0.650 bits per heavy atom. The van der Waals surface area contributed by atoms with E-state index in [4.69, 9.17) is 8.85 Å². The van der Waals surface area contributed by atoms with E-state index in [0.717, 1.165) is 12.1 Å². The van der Waals surface area contributed by atoms with E-state index in [1.54, 1.807) is 20.3 Å². The van der Waals surface area contributed by atoms with Gasteiger partial charge in [-0.05, 0) is 86.5 Å². The molecule has 12 heteroatoms. The molecule has 0 aliphatic heterocycles. The first kappa shape index (κ1) is 32.9. The van der Waals surface area contributed by atoms with Crippen molar-refractivity contribution in [3.05, 3.63) is 58.7 Å². The minimum absolute atomic E-state index is 0.0159. The third-order valence-electron chi connectivity index (χ3n) is 6.91. The summed E-state index contributed by atoms with van der Waals surface area (Å²) in [7, 11) is -0.182. The van der Waals surface area contributed by atoms with Gasteiger partial charge >= 0.3 is 11.9 Å². The van der Waals surface area contributed by atoms with E-state index >= 15 is 0 Å². The largest absolute Gasteiger partial charge is 0.478 e. The van der Waals surface area contributed by atoms with Gasteiger partial charge in [0.25, 0.3) is 11.8 Å². The summed E-state index contributed by atoms with van der Waals surface area (Å²) in [5.41, 5.74) is 0.503. The Hall–Kier alpha value is -3.33. The Labute approximate surface area is 237 Å². The highest BCUT2D eigenvalue weighted by molar-refractivity contribution is 6.71. The molecular formula is C28H40N2O8Si2. The van der Waals surface area contributed by atoms with Crippen molar-refractivity contribution < 1.29 is 38.2 Å². The highest BCUT2D eigenvalue weighted by atomic mass is 28.4. The minimum Gasteiger partial charge on any atom is -0.478 e. The van der Waals surface area contributed by atoms with Crippen molar-refractivity contribution in [1.29, 1.82) is 0 Å². The lowest BCUT2D eigenvalue weighted by atomic mass is 9.95. The zero-order valence-electron chi connectivity index (χ0n) is 24.1. The van der Waals surface area contributed by atoms with Gasteiger partial charge in [0.1, 0.15) is 0 Å². The molecule has 0 aliphatic rings. The van der Waals surface area contributed by atoms with Crippen LogP contribution in [0.1, 0.15) is 54.3 Å². The molecule has 4 N–H and O–H groups in total. The molecule has 0 fully saturated rings. The molecule has 2 aromatic carbocycles. The molecule has 2 aromatic rings. The maximum absolute atomic E-state index is 12.9. The highest BCUT2D eigenvalue weighted by Crippen LogP contribution is 2.26. The first-order valence-electron chi connectivity index (χ1n) is 13.1. The van der Waals surface area contributed by atoms with Crippen molar-refractivity contribution in [3.8, 4) is 11.1 Å². The number of rotatable bonds is 15. The van der Waals surface area contributed by atoms with E-state index < -0.39 is 40.4 Å². The number of nitrogens with one attached hydrogen (secondary N) is 2. The van der Waals surface area contributed by atoms with E-state index in [9.17, 15) is 29.4 Å². The lowest BCUT2D eigenvalue weighted by Gasteiger charge is -2.19. The SMILES string of the molecule is CO[Si](C)(C)CCCNC(=O)c1ccc(-c2ccc(C(=O)O)c(C(=O)NCCC[Si](C)(C)OC)c2)cc1C(=O)O. The van der Waals surface area contributed by atoms with Gasteiger partial charge < -0.3 is 29.7 Å². The molecule has 2 amide bonds. The summed E-state index contributed by atoms with van der Waals surface area (Å²) >= 11 is 0. The van der Waals surface area contributed by atoms with Crippen molar-refractivity contribution in [1.82, 2.24) is 10.6 Å². The van der Waals surface area contributed by atoms with Crippen LogP contribution >= 0.6 is 0 Å². The average molecular weight is 589 g/mol. The number of aromatic carboxylic acids is 2. The molecule has 0 unspecified atom stereocenters. The minimum atomic E-state index is -1.78. The van der Waals surface area contributed by atoms with Crippen LogP contribution in [0.15, 0.2) is 36.4 Å². The van der Waals surface area contributed by atoms with Gasteiger partial charge in [0.2, 0.25) is 0 Å². The number of amides is 2. The second-order valence-electron chi connectivity index (χ2n) is 10.8. The van der Waals surface area contributed by atoms with Gasteiger partial charge in [-0.15, -0.1) is 0 Å². The zero-order chi connectivity index (χ0) is 30.1. The first-order valence-corrected chi connectivity index (χ1v) is 19.4. The molecule has 10 nitrogen and oxygen atoms in total. The Bertz CT molecular complexity index is 1250. The highest BCUT2D eigenvalue weighted by Gasteiger charge is 2.23. The van der Waals surface area contributed by atoms with Crippen LogP contribution in [-0.4, -0.2) is 77.9 Å². The second kappa shape index (κ2) is 14.3. The lowest BCUT2D eigenvalue weighted by Crippen LogP contribution is -2.31. The summed E-state index contributed by atoms with van der Waals surface area (Å²) in [6, 6.07) is 10.3. The molecule has 40 heavy (non-hydrogen) atoms. The van der Waals surface area contributed by atoms with Gasteiger partial charge in [0.05, 0.1) is 22.3 Å². The molecule has 0 aromatic heterocycles. The maximum atomic E-state index is 12.9. The van der Waals surface area contributed by atoms with Crippen LogP contribution in [0, 0.1) is 0 Å². The van der Waals surface area contributed by atoms with Crippen molar-refractivity contribution in [2.24, 2.45) is 0 Å². The van der Waals surface area contributed by atoms with Crippen molar-refractivity contribution >= 4 is 40.4 Å². The van der Waals surface area contributed by atoms with E-state index in [0.29, 0.717) is 37.1 Å². The molecule has 0 spiro atoms. The molecule has 0 saturated heterocycles. The Morgan fingerprint density at radius 2 is 1.05 bits per heavy atom. The van der Waals surface area contributed by atoms with Crippen molar-refractivity contribution in [2.45, 2.75) is 51.1 Å². The monoisotopic (exact) mass is 588 g/mol. The summed E-state index contributed by atoms with van der Waals surface area (Å²) in [6.45, 7) is 9.07. The number of hydrogen-bond acceptors (Lipinski definition) is 6. The summed E-state index contributed by atoms with van der Waals surface area (Å²) in [4.78, 5) is 49.5. The van der Waals surface area contributed by atoms with Gasteiger partial charge in [-0.25, -0.2) is 9.59 Å².